The summed E-state index contributed by atoms with van der Waals surface area (Å²) in [5.74, 6) is 2.40. The Balaban J connectivity index is 0.00000323. The largest absolute Gasteiger partial charge is 1.00 e. The molecule has 6 rings (SSSR count). The van der Waals surface area contributed by atoms with Crippen molar-refractivity contribution in [1.29, 1.82) is 0 Å². The van der Waals surface area contributed by atoms with Gasteiger partial charge in [-0.2, -0.15) is 0 Å². The molecule has 2 saturated heterocycles. The molecule has 226 valence electrons. The van der Waals surface area contributed by atoms with Crippen LogP contribution >= 0.6 is 0 Å². The van der Waals surface area contributed by atoms with E-state index in [2.05, 4.69) is 24.9 Å². The Bertz CT molecular complexity index is 973. The minimum Gasteiger partial charge on any atom is -1.00 e. The summed E-state index contributed by atoms with van der Waals surface area (Å²) in [5.41, 5.74) is 1.65. The summed E-state index contributed by atoms with van der Waals surface area (Å²) in [6.07, 6.45) is 17.2. The number of hydrogen-bond donors (Lipinski definition) is 0. The van der Waals surface area contributed by atoms with Gasteiger partial charge in [0, 0.05) is 25.7 Å². The Kier molecular flexibility index (Phi) is 9.15. The minimum atomic E-state index is -0.151. The number of likely N-dealkylation sites (N-methyl/N-ethyl adjacent to an activating group) is 1. The number of allylic oxidation sites excluding steroid dienone is 1. The number of esters is 2. The van der Waals surface area contributed by atoms with Gasteiger partial charge in [0.2, 0.25) is 0 Å². The zero-order valence-electron chi connectivity index (χ0n) is 25.4. The third-order valence-corrected chi connectivity index (χ3v) is 12.5. The van der Waals surface area contributed by atoms with Crippen molar-refractivity contribution in [2.75, 3.05) is 33.2 Å². The van der Waals surface area contributed by atoms with E-state index in [-0.39, 0.29) is 46.5 Å². The van der Waals surface area contributed by atoms with Crippen LogP contribution in [-0.2, 0) is 19.1 Å². The summed E-state index contributed by atoms with van der Waals surface area (Å²) in [6, 6.07) is 0.749. The summed E-state index contributed by atoms with van der Waals surface area (Å²) in [6.45, 7) is 10.4. The monoisotopic (exact) mass is 620 g/mol. The molecule has 0 aromatic heterocycles. The molecule has 0 aromatic rings. The summed E-state index contributed by atoms with van der Waals surface area (Å²) in [4.78, 5) is 27.2. The molecule has 9 atom stereocenters. The number of hydrogen-bond acceptors (Lipinski definition) is 5. The van der Waals surface area contributed by atoms with E-state index in [1.807, 2.05) is 0 Å². The molecule has 40 heavy (non-hydrogen) atoms. The molecule has 0 amide bonds. The van der Waals surface area contributed by atoms with Gasteiger partial charge in [0.1, 0.15) is 12.1 Å². The second-order valence-corrected chi connectivity index (χ2v) is 14.7. The molecule has 0 N–H and O–H groups in total. The van der Waals surface area contributed by atoms with Crippen LogP contribution in [0.15, 0.2) is 11.6 Å². The average Bonchev–Trinajstić information content (AvgIpc) is 3.21. The molecule has 4 aliphatic carbocycles. The van der Waals surface area contributed by atoms with Gasteiger partial charge < -0.3 is 30.9 Å². The first-order valence-electron chi connectivity index (χ1n) is 16.3. The van der Waals surface area contributed by atoms with E-state index in [9.17, 15) is 9.59 Å². The van der Waals surface area contributed by atoms with Gasteiger partial charge in [0.15, 0.2) is 6.10 Å². The lowest BCUT2D eigenvalue weighted by molar-refractivity contribution is -0.940. The van der Waals surface area contributed by atoms with Crippen LogP contribution in [0.25, 0.3) is 0 Å². The number of carbonyl (C=O) groups excluding carboxylic acids is 2. The average molecular weight is 622 g/mol. The predicted octanol–water partition coefficient (Wildman–Crippen LogP) is 2.50. The number of likely N-dealkylation sites (tertiary alicyclic amines) is 2. The normalized spacial score (nSPS) is 42.8. The van der Waals surface area contributed by atoms with Crippen molar-refractivity contribution in [3.05, 3.63) is 11.6 Å². The lowest BCUT2D eigenvalue weighted by Crippen LogP contribution is -3.00. The topological polar surface area (TPSA) is 55.8 Å². The van der Waals surface area contributed by atoms with Crippen molar-refractivity contribution in [2.24, 2.45) is 29.1 Å². The predicted molar refractivity (Wildman–Crippen MR) is 152 cm³/mol. The van der Waals surface area contributed by atoms with Gasteiger partial charge in [-0.1, -0.05) is 18.9 Å². The second-order valence-electron chi connectivity index (χ2n) is 14.7. The fourth-order valence-electron chi connectivity index (χ4n) is 10.7. The Morgan fingerprint density at radius 1 is 0.925 bits per heavy atom. The van der Waals surface area contributed by atoms with E-state index in [4.69, 9.17) is 9.47 Å². The molecular weight excluding hydrogens is 568 g/mol. The molecule has 2 aliphatic heterocycles. The van der Waals surface area contributed by atoms with E-state index >= 15 is 0 Å². The number of ether oxygens (including phenoxy) is 2. The van der Waals surface area contributed by atoms with Crippen LogP contribution in [-0.4, -0.2) is 78.8 Å². The first kappa shape index (κ1) is 30.5. The molecule has 5 fully saturated rings. The molecular formula is C33H53BrN2O4. The highest BCUT2D eigenvalue weighted by atomic mass is 79.9. The number of piperidine rings is 2. The standard InChI is InChI=1S/C33H53N2O4.BrH/c1-22(36)38-31-19-24-11-12-26-25(27(24)20-29(31)34-15-7-5-8-16-34)13-14-33(3)28(26)21-30(32(33)39-23(2)37)35(4)17-9-6-10-18-35;/h19,25-32H,5-18,20-21H2,1-4H3;1H/q+1;/p-1/t25?,26?,27?,28?,29?,30?,31-,32+,33+;/m1./s1. The first-order valence-corrected chi connectivity index (χ1v) is 16.3. The van der Waals surface area contributed by atoms with Crippen LogP contribution < -0.4 is 17.0 Å². The Hall–Kier alpha value is -0.920. The van der Waals surface area contributed by atoms with Crippen LogP contribution in [0.3, 0.4) is 0 Å². The lowest BCUT2D eigenvalue weighted by Gasteiger charge is -2.55. The summed E-state index contributed by atoms with van der Waals surface area (Å²) in [7, 11) is 2.46. The summed E-state index contributed by atoms with van der Waals surface area (Å²) >= 11 is 0. The molecule has 0 bridgehead atoms. The van der Waals surface area contributed by atoms with Gasteiger partial charge in [0.25, 0.3) is 0 Å². The van der Waals surface area contributed by atoms with Crippen molar-refractivity contribution in [3.63, 3.8) is 0 Å². The molecule has 7 heteroatoms. The fraction of sp³-hybridized carbons (Fsp3) is 0.879. The fourth-order valence-corrected chi connectivity index (χ4v) is 10.7. The van der Waals surface area contributed by atoms with Crippen LogP contribution in [0.1, 0.15) is 97.8 Å². The molecule has 3 saturated carbocycles. The number of nitrogens with zero attached hydrogens (tertiary/aromatic N) is 2. The van der Waals surface area contributed by atoms with Crippen LogP contribution in [0.4, 0.5) is 0 Å². The van der Waals surface area contributed by atoms with Gasteiger partial charge >= 0.3 is 11.9 Å². The van der Waals surface area contributed by atoms with Crippen molar-refractivity contribution < 1.29 is 40.5 Å². The van der Waals surface area contributed by atoms with Gasteiger partial charge in [0.05, 0.1) is 26.2 Å². The maximum Gasteiger partial charge on any atom is 0.303 e. The number of carbonyl (C=O) groups is 2. The highest BCUT2D eigenvalue weighted by Crippen LogP contribution is 2.64. The van der Waals surface area contributed by atoms with Gasteiger partial charge in [-0.3, -0.25) is 14.5 Å². The van der Waals surface area contributed by atoms with E-state index in [0.29, 0.717) is 35.8 Å². The highest BCUT2D eigenvalue weighted by molar-refractivity contribution is 5.66. The molecule has 2 heterocycles. The third kappa shape index (κ3) is 5.45. The molecule has 6 nitrogen and oxygen atoms in total. The quantitative estimate of drug-likeness (QED) is 0.275. The first-order chi connectivity index (χ1) is 18.7. The number of quaternary nitrogens is 1. The van der Waals surface area contributed by atoms with Gasteiger partial charge in [-0.15, -0.1) is 0 Å². The van der Waals surface area contributed by atoms with E-state index < -0.39 is 0 Å². The van der Waals surface area contributed by atoms with E-state index in [0.717, 1.165) is 30.4 Å². The Morgan fingerprint density at radius 3 is 2.27 bits per heavy atom. The maximum absolute atomic E-state index is 12.4. The van der Waals surface area contributed by atoms with Gasteiger partial charge in [-0.05, 0) is 107 Å². The summed E-state index contributed by atoms with van der Waals surface area (Å²) < 4.78 is 13.4. The zero-order chi connectivity index (χ0) is 27.4. The van der Waals surface area contributed by atoms with E-state index in [1.54, 1.807) is 19.4 Å². The van der Waals surface area contributed by atoms with Crippen molar-refractivity contribution >= 4 is 11.9 Å². The summed E-state index contributed by atoms with van der Waals surface area (Å²) in [5, 5.41) is 0. The third-order valence-electron chi connectivity index (χ3n) is 12.5. The van der Waals surface area contributed by atoms with Crippen molar-refractivity contribution in [1.82, 2.24) is 4.90 Å². The smallest absolute Gasteiger partial charge is 0.303 e. The van der Waals surface area contributed by atoms with Crippen LogP contribution in [0, 0.1) is 29.1 Å². The molecule has 6 aliphatic rings. The highest BCUT2D eigenvalue weighted by Gasteiger charge is 2.65. The SMILES string of the molecule is CC(=O)O[C@@H]1C=C2CCC3C(CC[C@@]4(C)C3CC([N+]3(C)CCCCC3)[C@@H]4OC(C)=O)C2CC1N1CCCCC1.[Br-]. The Labute approximate surface area is 252 Å². The van der Waals surface area contributed by atoms with Crippen molar-refractivity contribution in [2.45, 2.75) is 122 Å². The van der Waals surface area contributed by atoms with Gasteiger partial charge in [-0.25, -0.2) is 0 Å². The minimum absolute atomic E-state index is 0. The number of rotatable bonds is 4. The van der Waals surface area contributed by atoms with Crippen molar-refractivity contribution in [3.8, 4) is 0 Å². The number of fused-ring (bicyclic) bond motifs is 5. The maximum atomic E-state index is 12.4. The zero-order valence-corrected chi connectivity index (χ0v) is 27.0. The lowest BCUT2D eigenvalue weighted by atomic mass is 9.52. The molecule has 0 aromatic carbocycles. The molecule has 0 spiro atoms. The second kappa shape index (κ2) is 12.0. The molecule has 0 radical (unpaired) electrons. The van der Waals surface area contributed by atoms with Crippen LogP contribution in [0.2, 0.25) is 0 Å². The van der Waals surface area contributed by atoms with E-state index in [1.165, 1.54) is 77.3 Å². The molecule has 6 unspecified atom stereocenters. The van der Waals surface area contributed by atoms with Crippen LogP contribution in [0.5, 0.6) is 0 Å². The number of halogens is 1. The Morgan fingerprint density at radius 2 is 1.60 bits per heavy atom.